The van der Waals surface area contributed by atoms with Gasteiger partial charge in [0.2, 0.25) is 0 Å². The Morgan fingerprint density at radius 3 is 2.50 bits per heavy atom. The number of morpholine rings is 1. The lowest BCUT2D eigenvalue weighted by Crippen LogP contribution is -2.45. The monoisotopic (exact) mass is 351 g/mol. The summed E-state index contributed by atoms with van der Waals surface area (Å²) in [5, 5.41) is 11.9. The van der Waals surface area contributed by atoms with Crippen LogP contribution in [0, 0.1) is 11.3 Å². The number of carbonyl (C=O) groups excluding carboxylic acids is 1. The fraction of sp³-hybridized carbons (Fsp3) is 0.300. The van der Waals surface area contributed by atoms with E-state index in [4.69, 9.17) is 9.15 Å². The van der Waals surface area contributed by atoms with E-state index in [0.717, 1.165) is 18.8 Å². The molecule has 0 radical (unpaired) electrons. The third kappa shape index (κ3) is 4.32. The molecule has 1 aliphatic heterocycles. The van der Waals surface area contributed by atoms with E-state index >= 15 is 0 Å². The minimum atomic E-state index is -0.467. The summed E-state index contributed by atoms with van der Waals surface area (Å²) in [6.07, 6.45) is 3.27. The van der Waals surface area contributed by atoms with E-state index in [-0.39, 0.29) is 17.8 Å². The Balaban J connectivity index is 1.67. The second-order valence-corrected chi connectivity index (χ2v) is 6.35. The molecule has 2 heterocycles. The number of nitrogens with one attached hydrogen (secondary N) is 1. The number of anilines is 2. The predicted molar refractivity (Wildman–Crippen MR) is 99.6 cm³/mol. The predicted octanol–water partition coefficient (Wildman–Crippen LogP) is 3.44. The lowest BCUT2D eigenvalue weighted by atomic mass is 10.2. The number of carbonyl (C=O) groups is 1. The van der Waals surface area contributed by atoms with Crippen molar-refractivity contribution in [2.45, 2.75) is 26.1 Å². The Morgan fingerprint density at radius 1 is 1.23 bits per heavy atom. The van der Waals surface area contributed by atoms with Crippen LogP contribution in [-0.2, 0) is 9.53 Å². The van der Waals surface area contributed by atoms with Crippen LogP contribution in [0.3, 0.4) is 0 Å². The van der Waals surface area contributed by atoms with Gasteiger partial charge < -0.3 is 19.4 Å². The average Bonchev–Trinajstić information content (AvgIpc) is 3.12. The van der Waals surface area contributed by atoms with Gasteiger partial charge in [0.1, 0.15) is 17.4 Å². The van der Waals surface area contributed by atoms with E-state index in [1.807, 2.05) is 30.3 Å². The summed E-state index contributed by atoms with van der Waals surface area (Å²) in [5.74, 6) is -0.00660. The van der Waals surface area contributed by atoms with Crippen LogP contribution in [0.4, 0.5) is 11.4 Å². The first-order chi connectivity index (χ1) is 12.5. The molecule has 1 amide bonds. The van der Waals surface area contributed by atoms with Gasteiger partial charge in [-0.3, -0.25) is 4.79 Å². The number of rotatable bonds is 4. The summed E-state index contributed by atoms with van der Waals surface area (Å²) in [4.78, 5) is 14.5. The van der Waals surface area contributed by atoms with Gasteiger partial charge in [-0.25, -0.2) is 0 Å². The topological polar surface area (TPSA) is 78.5 Å². The highest BCUT2D eigenvalue weighted by molar-refractivity contribution is 6.09. The number of amides is 1. The second-order valence-electron chi connectivity index (χ2n) is 6.35. The molecule has 1 N–H and O–H groups in total. The SMILES string of the molecule is CC1CN(c2ccc(NC(=O)/C(C#N)=C\c3ccco3)cc2)CC(C)O1. The van der Waals surface area contributed by atoms with Gasteiger partial charge in [0.05, 0.1) is 18.5 Å². The molecule has 0 bridgehead atoms. The molecule has 2 unspecified atom stereocenters. The summed E-state index contributed by atoms with van der Waals surface area (Å²) >= 11 is 0. The molecular formula is C20H21N3O3. The standard InChI is InChI=1S/C20H21N3O3/c1-14-12-23(13-15(2)26-14)18-7-5-17(6-8-18)22-20(24)16(11-21)10-19-4-3-9-25-19/h3-10,14-15H,12-13H2,1-2H3,(H,22,24)/b16-10-. The van der Waals surface area contributed by atoms with Crippen molar-refractivity contribution < 1.29 is 13.9 Å². The van der Waals surface area contributed by atoms with Crippen molar-refractivity contribution in [2.75, 3.05) is 23.3 Å². The van der Waals surface area contributed by atoms with Gasteiger partial charge in [0, 0.05) is 30.5 Å². The first-order valence-corrected chi connectivity index (χ1v) is 8.52. The molecule has 2 aromatic rings. The van der Waals surface area contributed by atoms with Crippen LogP contribution >= 0.6 is 0 Å². The van der Waals surface area contributed by atoms with E-state index in [1.54, 1.807) is 12.1 Å². The van der Waals surface area contributed by atoms with Crippen LogP contribution < -0.4 is 10.2 Å². The molecule has 0 saturated carbocycles. The fourth-order valence-electron chi connectivity index (χ4n) is 3.01. The lowest BCUT2D eigenvalue weighted by Gasteiger charge is -2.36. The van der Waals surface area contributed by atoms with Gasteiger partial charge >= 0.3 is 0 Å². The summed E-state index contributed by atoms with van der Waals surface area (Å²) in [7, 11) is 0. The van der Waals surface area contributed by atoms with Crippen molar-refractivity contribution in [2.24, 2.45) is 0 Å². The third-order valence-electron chi connectivity index (χ3n) is 4.10. The van der Waals surface area contributed by atoms with Gasteiger partial charge in [0.25, 0.3) is 5.91 Å². The molecule has 26 heavy (non-hydrogen) atoms. The fourth-order valence-corrected chi connectivity index (χ4v) is 3.01. The van der Waals surface area contributed by atoms with Crippen molar-refractivity contribution in [3.63, 3.8) is 0 Å². The van der Waals surface area contributed by atoms with E-state index in [2.05, 4.69) is 24.1 Å². The van der Waals surface area contributed by atoms with Crippen LogP contribution in [0.5, 0.6) is 0 Å². The van der Waals surface area contributed by atoms with Gasteiger partial charge in [-0.1, -0.05) is 0 Å². The third-order valence-corrected chi connectivity index (χ3v) is 4.10. The maximum Gasteiger partial charge on any atom is 0.266 e. The van der Waals surface area contributed by atoms with Crippen LogP contribution in [0.1, 0.15) is 19.6 Å². The Bertz CT molecular complexity index is 809. The molecule has 6 heteroatoms. The minimum Gasteiger partial charge on any atom is -0.465 e. The summed E-state index contributed by atoms with van der Waals surface area (Å²) in [5.41, 5.74) is 1.70. The molecule has 1 saturated heterocycles. The number of nitrogens with zero attached hydrogens (tertiary/aromatic N) is 2. The molecule has 0 aliphatic carbocycles. The summed E-state index contributed by atoms with van der Waals surface area (Å²) < 4.78 is 10.9. The van der Waals surface area contributed by atoms with Gasteiger partial charge in [-0.2, -0.15) is 5.26 Å². The number of benzene rings is 1. The summed E-state index contributed by atoms with van der Waals surface area (Å²) in [6.45, 7) is 5.79. The molecule has 2 atom stereocenters. The highest BCUT2D eigenvalue weighted by Crippen LogP contribution is 2.22. The highest BCUT2D eigenvalue weighted by atomic mass is 16.5. The van der Waals surface area contributed by atoms with Crippen LogP contribution in [0.25, 0.3) is 6.08 Å². The Hall–Kier alpha value is -3.04. The van der Waals surface area contributed by atoms with Crippen molar-refractivity contribution in [1.82, 2.24) is 0 Å². The van der Waals surface area contributed by atoms with E-state index < -0.39 is 5.91 Å². The van der Waals surface area contributed by atoms with Crippen molar-refractivity contribution in [3.05, 3.63) is 54.0 Å². The smallest absolute Gasteiger partial charge is 0.266 e. The van der Waals surface area contributed by atoms with Crippen LogP contribution in [0.2, 0.25) is 0 Å². The van der Waals surface area contributed by atoms with E-state index in [0.29, 0.717) is 11.4 Å². The zero-order valence-corrected chi connectivity index (χ0v) is 14.8. The molecule has 1 aromatic heterocycles. The molecule has 134 valence electrons. The average molecular weight is 351 g/mol. The van der Waals surface area contributed by atoms with Crippen molar-refractivity contribution >= 4 is 23.4 Å². The van der Waals surface area contributed by atoms with Gasteiger partial charge in [-0.05, 0) is 50.2 Å². The summed E-state index contributed by atoms with van der Waals surface area (Å²) in [6, 6.07) is 12.9. The molecule has 1 fully saturated rings. The lowest BCUT2D eigenvalue weighted by molar-refractivity contribution is -0.112. The molecule has 1 aliphatic rings. The quantitative estimate of drug-likeness (QED) is 0.674. The largest absolute Gasteiger partial charge is 0.465 e. The zero-order chi connectivity index (χ0) is 18.5. The highest BCUT2D eigenvalue weighted by Gasteiger charge is 2.22. The van der Waals surface area contributed by atoms with Crippen LogP contribution in [0.15, 0.2) is 52.7 Å². The van der Waals surface area contributed by atoms with Gasteiger partial charge in [-0.15, -0.1) is 0 Å². The zero-order valence-electron chi connectivity index (χ0n) is 14.8. The van der Waals surface area contributed by atoms with E-state index in [1.165, 1.54) is 12.3 Å². The number of nitriles is 1. The van der Waals surface area contributed by atoms with Gasteiger partial charge in [0.15, 0.2) is 0 Å². The maximum absolute atomic E-state index is 12.3. The Labute approximate surface area is 152 Å². The van der Waals surface area contributed by atoms with Crippen molar-refractivity contribution in [3.8, 4) is 6.07 Å². The number of hydrogen-bond acceptors (Lipinski definition) is 5. The number of furan rings is 1. The van der Waals surface area contributed by atoms with Crippen molar-refractivity contribution in [1.29, 1.82) is 5.26 Å². The Morgan fingerprint density at radius 2 is 1.92 bits per heavy atom. The molecular weight excluding hydrogens is 330 g/mol. The Kier molecular flexibility index (Phi) is 5.40. The molecule has 0 spiro atoms. The van der Waals surface area contributed by atoms with Crippen LogP contribution in [-0.4, -0.2) is 31.2 Å². The first kappa shape index (κ1) is 17.8. The minimum absolute atomic E-state index is 0.0140. The first-order valence-electron chi connectivity index (χ1n) is 8.52. The number of hydrogen-bond donors (Lipinski definition) is 1. The maximum atomic E-state index is 12.3. The molecule has 6 nitrogen and oxygen atoms in total. The number of ether oxygens (including phenoxy) is 1. The normalized spacial score (nSPS) is 20.5. The van der Waals surface area contributed by atoms with E-state index in [9.17, 15) is 10.1 Å². The molecule has 1 aromatic carbocycles. The molecule has 3 rings (SSSR count). The second kappa shape index (κ2) is 7.89.